The van der Waals surface area contributed by atoms with Crippen LogP contribution in [0.2, 0.25) is 5.02 Å². The number of hydrogen-bond acceptors (Lipinski definition) is 6. The number of carbonyl (C=O) groups excluding carboxylic acids is 1. The number of ether oxygens (including phenoxy) is 2. The fourth-order valence-electron chi connectivity index (χ4n) is 2.68. The average molecular weight is 447 g/mol. The molecule has 156 valence electrons. The second-order valence-corrected chi connectivity index (χ2v) is 6.94. The van der Waals surface area contributed by atoms with Crippen LogP contribution in [0.25, 0.3) is 11.3 Å². The van der Waals surface area contributed by atoms with Gasteiger partial charge in [0.2, 0.25) is 0 Å². The fraction of sp³-hybridized carbons (Fsp3) is 0.143. The molecule has 2 aromatic carbocycles. The lowest BCUT2D eigenvalue weighted by Crippen LogP contribution is -2.34. The Morgan fingerprint density at radius 2 is 1.80 bits per heavy atom. The van der Waals surface area contributed by atoms with E-state index in [1.165, 1.54) is 14.2 Å². The average Bonchev–Trinajstić information content (AvgIpc) is 3.22. The molecule has 0 bridgehead atoms. The minimum Gasteiger partial charge on any atom is -0.497 e. The maximum absolute atomic E-state index is 12.5. The Morgan fingerprint density at radius 1 is 1.10 bits per heavy atom. The van der Waals surface area contributed by atoms with E-state index in [1.54, 1.807) is 48.5 Å². The van der Waals surface area contributed by atoms with Crippen LogP contribution in [0.1, 0.15) is 16.1 Å². The third-order valence-electron chi connectivity index (χ3n) is 4.15. The van der Waals surface area contributed by atoms with E-state index in [1.807, 2.05) is 0 Å². The molecule has 0 saturated heterocycles. The highest BCUT2D eigenvalue weighted by molar-refractivity contribution is 7.80. The van der Waals surface area contributed by atoms with Gasteiger partial charge in [-0.2, -0.15) is 0 Å². The summed E-state index contributed by atoms with van der Waals surface area (Å²) in [4.78, 5) is 12.5. The molecule has 3 rings (SSSR count). The summed E-state index contributed by atoms with van der Waals surface area (Å²) in [6, 6.07) is 13.4. The van der Waals surface area contributed by atoms with Gasteiger partial charge in [0.15, 0.2) is 5.11 Å². The van der Waals surface area contributed by atoms with Gasteiger partial charge >= 0.3 is 0 Å². The first kappa shape index (κ1) is 21.6. The molecule has 1 aromatic heterocycles. The molecule has 0 fully saturated rings. The molecule has 0 spiro atoms. The quantitative estimate of drug-likeness (QED) is 0.488. The fourth-order valence-corrected chi connectivity index (χ4v) is 3.16. The molecule has 3 aromatic rings. The summed E-state index contributed by atoms with van der Waals surface area (Å²) in [5, 5.41) is 15.2. The van der Waals surface area contributed by atoms with Crippen LogP contribution in [-0.4, -0.2) is 30.3 Å². The first-order valence-corrected chi connectivity index (χ1v) is 9.57. The van der Waals surface area contributed by atoms with Crippen molar-refractivity contribution >= 4 is 40.5 Å². The van der Waals surface area contributed by atoms with Gasteiger partial charge in [0.05, 0.1) is 19.2 Å². The number of anilines is 1. The monoisotopic (exact) mass is 446 g/mol. The molecule has 1 amide bonds. The summed E-state index contributed by atoms with van der Waals surface area (Å²) in [5.74, 6) is 1.55. The lowest BCUT2D eigenvalue weighted by Gasteiger charge is -2.12. The summed E-state index contributed by atoms with van der Waals surface area (Å²) in [5.41, 5.74) is 1.59. The molecule has 1 heterocycles. The van der Waals surface area contributed by atoms with Crippen molar-refractivity contribution in [3.05, 3.63) is 64.9 Å². The Bertz CT molecular complexity index is 1060. The van der Waals surface area contributed by atoms with Crippen LogP contribution in [0.4, 0.5) is 5.69 Å². The summed E-state index contributed by atoms with van der Waals surface area (Å²) >= 11 is 11.6. The molecule has 0 aliphatic heterocycles. The van der Waals surface area contributed by atoms with Gasteiger partial charge in [0.25, 0.3) is 5.91 Å². The van der Waals surface area contributed by atoms with Crippen LogP contribution >= 0.6 is 23.8 Å². The first-order chi connectivity index (χ1) is 14.4. The molecule has 3 N–H and O–H groups in total. The van der Waals surface area contributed by atoms with Crippen LogP contribution in [0.3, 0.4) is 0 Å². The number of aliphatic hydroxyl groups is 1. The van der Waals surface area contributed by atoms with Gasteiger partial charge in [-0.3, -0.25) is 10.1 Å². The Kier molecular flexibility index (Phi) is 6.94. The lowest BCUT2D eigenvalue weighted by molar-refractivity contribution is 0.0977. The third-order valence-corrected chi connectivity index (χ3v) is 4.67. The number of furan rings is 1. The van der Waals surface area contributed by atoms with E-state index in [4.69, 9.17) is 42.8 Å². The Hall–Kier alpha value is -3.07. The number of hydrogen-bond donors (Lipinski definition) is 3. The van der Waals surface area contributed by atoms with Gasteiger partial charge in [-0.25, -0.2) is 0 Å². The number of rotatable bonds is 6. The summed E-state index contributed by atoms with van der Waals surface area (Å²) in [6.45, 7) is -0.190. The van der Waals surface area contributed by atoms with E-state index < -0.39 is 5.91 Å². The number of carbonyl (C=O) groups is 1. The SMILES string of the molecule is COc1cc(OC)cc(C(=O)NC(=S)Nc2ccc(-c3ccc(CO)o3)c(Cl)c2)c1. The zero-order valence-electron chi connectivity index (χ0n) is 16.2. The number of aliphatic hydroxyl groups excluding tert-OH is 1. The zero-order chi connectivity index (χ0) is 21.7. The number of nitrogens with one attached hydrogen (secondary N) is 2. The summed E-state index contributed by atoms with van der Waals surface area (Å²) in [7, 11) is 3.01. The smallest absolute Gasteiger partial charge is 0.257 e. The van der Waals surface area contributed by atoms with E-state index in [-0.39, 0.29) is 11.7 Å². The normalized spacial score (nSPS) is 10.4. The largest absolute Gasteiger partial charge is 0.497 e. The standard InChI is InChI=1S/C21H19ClN2O5S/c1-27-15-7-12(8-16(10-15)28-2)20(26)24-21(30)23-13-3-5-17(18(22)9-13)19-6-4-14(11-25)29-19/h3-10,25H,11H2,1-2H3,(H2,23,24,26,30). The third kappa shape index (κ3) is 5.10. The van der Waals surface area contributed by atoms with Gasteiger partial charge in [-0.15, -0.1) is 0 Å². The molecular weight excluding hydrogens is 428 g/mol. The number of methoxy groups -OCH3 is 2. The van der Waals surface area contributed by atoms with Crippen molar-refractivity contribution in [3.63, 3.8) is 0 Å². The van der Waals surface area contributed by atoms with Gasteiger partial charge in [0, 0.05) is 22.9 Å². The van der Waals surface area contributed by atoms with Crippen molar-refractivity contribution < 1.29 is 23.8 Å². The van der Waals surface area contributed by atoms with E-state index in [0.717, 1.165) is 0 Å². The van der Waals surface area contributed by atoms with Crippen molar-refractivity contribution in [2.45, 2.75) is 6.61 Å². The predicted molar refractivity (Wildman–Crippen MR) is 118 cm³/mol. The predicted octanol–water partition coefficient (Wildman–Crippen LogP) is 4.24. The van der Waals surface area contributed by atoms with Gasteiger partial charge in [-0.05, 0) is 54.7 Å². The van der Waals surface area contributed by atoms with Crippen molar-refractivity contribution in [2.24, 2.45) is 0 Å². The molecule has 0 atom stereocenters. The van der Waals surface area contributed by atoms with Crippen LogP contribution < -0.4 is 20.1 Å². The van der Waals surface area contributed by atoms with Crippen molar-refractivity contribution in [1.82, 2.24) is 5.32 Å². The van der Waals surface area contributed by atoms with Crippen molar-refractivity contribution in [1.29, 1.82) is 0 Å². The first-order valence-electron chi connectivity index (χ1n) is 8.78. The number of benzene rings is 2. The topological polar surface area (TPSA) is 93.0 Å². The Morgan fingerprint density at radius 3 is 2.37 bits per heavy atom. The number of halogens is 1. The summed E-state index contributed by atoms with van der Waals surface area (Å²) < 4.78 is 15.8. The van der Waals surface area contributed by atoms with Gasteiger partial charge < -0.3 is 24.3 Å². The molecule has 9 heteroatoms. The molecule has 0 saturated carbocycles. The van der Waals surface area contributed by atoms with Crippen LogP contribution in [-0.2, 0) is 6.61 Å². The number of thiocarbonyl (C=S) groups is 1. The second-order valence-electron chi connectivity index (χ2n) is 6.13. The van der Waals surface area contributed by atoms with Crippen LogP contribution in [0.15, 0.2) is 52.9 Å². The second kappa shape index (κ2) is 9.62. The zero-order valence-corrected chi connectivity index (χ0v) is 17.8. The molecule has 0 aliphatic carbocycles. The van der Waals surface area contributed by atoms with Gasteiger partial charge in [-0.1, -0.05) is 11.6 Å². The molecule has 0 radical (unpaired) electrons. The highest BCUT2D eigenvalue weighted by Gasteiger charge is 2.13. The highest BCUT2D eigenvalue weighted by Crippen LogP contribution is 2.31. The maximum atomic E-state index is 12.5. The maximum Gasteiger partial charge on any atom is 0.257 e. The molecule has 30 heavy (non-hydrogen) atoms. The highest BCUT2D eigenvalue weighted by atomic mass is 35.5. The molecule has 0 unspecified atom stereocenters. The van der Waals surface area contributed by atoms with Crippen molar-refractivity contribution in [2.75, 3.05) is 19.5 Å². The minimum atomic E-state index is -0.417. The van der Waals surface area contributed by atoms with Crippen molar-refractivity contribution in [3.8, 4) is 22.8 Å². The van der Waals surface area contributed by atoms with E-state index >= 15 is 0 Å². The lowest BCUT2D eigenvalue weighted by atomic mass is 10.1. The van der Waals surface area contributed by atoms with E-state index in [2.05, 4.69) is 10.6 Å². The molecule has 7 nitrogen and oxygen atoms in total. The summed E-state index contributed by atoms with van der Waals surface area (Å²) in [6.07, 6.45) is 0. The van der Waals surface area contributed by atoms with Crippen LogP contribution in [0.5, 0.6) is 11.5 Å². The molecule has 0 aliphatic rings. The molecular formula is C21H19ClN2O5S. The number of amides is 1. The van der Waals surface area contributed by atoms with Gasteiger partial charge in [0.1, 0.15) is 29.6 Å². The van der Waals surface area contributed by atoms with E-state index in [9.17, 15) is 4.79 Å². The Labute approximate surface area is 183 Å². The Balaban J connectivity index is 1.69. The minimum absolute atomic E-state index is 0.103. The van der Waals surface area contributed by atoms with E-state index in [0.29, 0.717) is 44.9 Å². The van der Waals surface area contributed by atoms with Crippen LogP contribution in [0, 0.1) is 0 Å².